The third kappa shape index (κ3) is 4.51. The topological polar surface area (TPSA) is 49.3 Å². The third-order valence-electron chi connectivity index (χ3n) is 3.80. The average molecular weight is 259 g/mol. The van der Waals surface area contributed by atoms with E-state index in [9.17, 15) is 9.90 Å². The fraction of sp³-hybridized carbons (Fsp3) is 0.923. The first kappa shape index (κ1) is 14.8. The van der Waals surface area contributed by atoms with Gasteiger partial charge in [-0.3, -0.25) is 4.79 Å². The number of amides is 1. The summed E-state index contributed by atoms with van der Waals surface area (Å²) in [6, 6.07) is 0.0434. The highest BCUT2D eigenvalue weighted by atomic mass is 32.2. The van der Waals surface area contributed by atoms with Crippen LogP contribution in [0.25, 0.3) is 0 Å². The summed E-state index contributed by atoms with van der Waals surface area (Å²) in [5.41, 5.74) is 0. The Morgan fingerprint density at radius 1 is 1.41 bits per heavy atom. The standard InChI is InChI=1S/C13H25NO2S/c1-9-4-6-11(7-5-9)13(16)14-10(2)12(8-15)17-3/h9-12,15H,4-8H2,1-3H3,(H,14,16). The molecular formula is C13H25NO2S. The van der Waals surface area contributed by atoms with Gasteiger partial charge in [0.1, 0.15) is 0 Å². The number of aliphatic hydroxyl groups excluding tert-OH is 1. The van der Waals surface area contributed by atoms with Gasteiger partial charge in [0.25, 0.3) is 0 Å². The average Bonchev–Trinajstić information content (AvgIpc) is 2.31. The SMILES string of the molecule is CSC(CO)C(C)NC(=O)C1CCC(C)CC1. The van der Waals surface area contributed by atoms with E-state index in [0.717, 1.165) is 18.8 Å². The second-order valence-electron chi connectivity index (χ2n) is 5.21. The minimum Gasteiger partial charge on any atom is -0.395 e. The highest BCUT2D eigenvalue weighted by Gasteiger charge is 2.26. The first-order valence-corrected chi connectivity index (χ1v) is 7.81. The van der Waals surface area contributed by atoms with E-state index in [1.165, 1.54) is 12.8 Å². The second-order valence-corrected chi connectivity index (χ2v) is 6.29. The van der Waals surface area contributed by atoms with Crippen LogP contribution in [0.3, 0.4) is 0 Å². The summed E-state index contributed by atoms with van der Waals surface area (Å²) in [6.07, 6.45) is 6.33. The van der Waals surface area contributed by atoms with Gasteiger partial charge in [-0.05, 0) is 44.8 Å². The van der Waals surface area contributed by atoms with Crippen molar-refractivity contribution in [1.82, 2.24) is 5.32 Å². The molecule has 1 saturated carbocycles. The highest BCUT2D eigenvalue weighted by Crippen LogP contribution is 2.28. The van der Waals surface area contributed by atoms with Crippen LogP contribution in [0.2, 0.25) is 0 Å². The van der Waals surface area contributed by atoms with Gasteiger partial charge < -0.3 is 10.4 Å². The van der Waals surface area contributed by atoms with Crippen LogP contribution in [0, 0.1) is 11.8 Å². The molecule has 2 atom stereocenters. The molecule has 1 aliphatic carbocycles. The molecule has 0 radical (unpaired) electrons. The number of carbonyl (C=O) groups excluding carboxylic acids is 1. The van der Waals surface area contributed by atoms with Crippen molar-refractivity contribution < 1.29 is 9.90 Å². The lowest BCUT2D eigenvalue weighted by Crippen LogP contribution is -2.44. The summed E-state index contributed by atoms with van der Waals surface area (Å²) in [5.74, 6) is 1.14. The molecule has 1 amide bonds. The Bertz CT molecular complexity index is 236. The zero-order valence-corrected chi connectivity index (χ0v) is 11.9. The summed E-state index contributed by atoms with van der Waals surface area (Å²) in [5, 5.41) is 12.3. The quantitative estimate of drug-likeness (QED) is 0.794. The monoisotopic (exact) mass is 259 g/mol. The van der Waals surface area contributed by atoms with Crippen molar-refractivity contribution in [3.8, 4) is 0 Å². The Labute approximate surface area is 109 Å². The molecule has 17 heavy (non-hydrogen) atoms. The van der Waals surface area contributed by atoms with E-state index in [0.29, 0.717) is 0 Å². The fourth-order valence-electron chi connectivity index (χ4n) is 2.39. The van der Waals surface area contributed by atoms with E-state index in [4.69, 9.17) is 0 Å². The highest BCUT2D eigenvalue weighted by molar-refractivity contribution is 7.99. The molecule has 0 aliphatic heterocycles. The normalized spacial score (nSPS) is 28.5. The molecule has 0 spiro atoms. The Kier molecular flexibility index (Phi) is 6.34. The van der Waals surface area contributed by atoms with E-state index >= 15 is 0 Å². The van der Waals surface area contributed by atoms with Gasteiger partial charge in [0.2, 0.25) is 5.91 Å². The molecule has 1 fully saturated rings. The molecule has 1 aliphatic rings. The summed E-state index contributed by atoms with van der Waals surface area (Å²) in [7, 11) is 0. The maximum absolute atomic E-state index is 12.0. The van der Waals surface area contributed by atoms with Gasteiger partial charge in [-0.15, -0.1) is 0 Å². The number of rotatable bonds is 5. The van der Waals surface area contributed by atoms with E-state index in [2.05, 4.69) is 12.2 Å². The van der Waals surface area contributed by atoms with Crippen LogP contribution in [0.4, 0.5) is 0 Å². The molecule has 2 N–H and O–H groups in total. The van der Waals surface area contributed by atoms with Gasteiger partial charge in [-0.2, -0.15) is 11.8 Å². The predicted molar refractivity (Wildman–Crippen MR) is 73.1 cm³/mol. The predicted octanol–water partition coefficient (Wildman–Crippen LogP) is 2.04. The Morgan fingerprint density at radius 2 is 2.00 bits per heavy atom. The van der Waals surface area contributed by atoms with Crippen molar-refractivity contribution in [1.29, 1.82) is 0 Å². The lowest BCUT2D eigenvalue weighted by atomic mass is 9.82. The molecule has 0 aromatic rings. The molecule has 4 heteroatoms. The number of carbonyl (C=O) groups is 1. The van der Waals surface area contributed by atoms with Crippen LogP contribution in [0.1, 0.15) is 39.5 Å². The molecule has 2 unspecified atom stereocenters. The molecular weight excluding hydrogens is 234 g/mol. The molecule has 1 rings (SSSR count). The minimum atomic E-state index is 0.0434. The van der Waals surface area contributed by atoms with Crippen LogP contribution in [0.15, 0.2) is 0 Å². The van der Waals surface area contributed by atoms with Crippen molar-refractivity contribution >= 4 is 17.7 Å². The summed E-state index contributed by atoms with van der Waals surface area (Å²) in [6.45, 7) is 4.34. The van der Waals surface area contributed by atoms with Gasteiger partial charge in [-0.25, -0.2) is 0 Å². The molecule has 0 saturated heterocycles. The number of hydrogen-bond acceptors (Lipinski definition) is 3. The maximum atomic E-state index is 12.0. The van der Waals surface area contributed by atoms with Gasteiger partial charge in [-0.1, -0.05) is 6.92 Å². The summed E-state index contributed by atoms with van der Waals surface area (Å²) in [4.78, 5) is 12.0. The van der Waals surface area contributed by atoms with Crippen LogP contribution >= 0.6 is 11.8 Å². The first-order valence-electron chi connectivity index (χ1n) is 6.52. The van der Waals surface area contributed by atoms with E-state index in [1.54, 1.807) is 11.8 Å². The van der Waals surface area contributed by atoms with Crippen LogP contribution < -0.4 is 5.32 Å². The molecule has 0 aromatic heterocycles. The van der Waals surface area contributed by atoms with Crippen molar-refractivity contribution in [2.24, 2.45) is 11.8 Å². The second kappa shape index (κ2) is 7.27. The lowest BCUT2D eigenvalue weighted by molar-refractivity contribution is -0.126. The molecule has 3 nitrogen and oxygen atoms in total. The molecule has 0 bridgehead atoms. The Morgan fingerprint density at radius 3 is 2.47 bits per heavy atom. The molecule has 100 valence electrons. The number of hydrogen-bond donors (Lipinski definition) is 2. The van der Waals surface area contributed by atoms with Crippen LogP contribution in [0.5, 0.6) is 0 Å². The fourth-order valence-corrected chi connectivity index (χ4v) is 3.02. The van der Waals surface area contributed by atoms with E-state index < -0.39 is 0 Å². The van der Waals surface area contributed by atoms with Crippen molar-refractivity contribution in [2.75, 3.05) is 12.9 Å². The maximum Gasteiger partial charge on any atom is 0.223 e. The Balaban J connectivity index is 2.38. The van der Waals surface area contributed by atoms with Crippen molar-refractivity contribution in [3.63, 3.8) is 0 Å². The van der Waals surface area contributed by atoms with E-state index in [-0.39, 0.29) is 29.7 Å². The summed E-state index contributed by atoms with van der Waals surface area (Å²) >= 11 is 1.60. The number of aliphatic hydroxyl groups is 1. The lowest BCUT2D eigenvalue weighted by Gasteiger charge is -2.28. The minimum absolute atomic E-state index is 0.0434. The van der Waals surface area contributed by atoms with Gasteiger partial charge >= 0.3 is 0 Å². The third-order valence-corrected chi connectivity index (χ3v) is 4.96. The Hall–Kier alpha value is -0.220. The van der Waals surface area contributed by atoms with Gasteiger partial charge in [0, 0.05) is 17.2 Å². The van der Waals surface area contributed by atoms with Crippen LogP contribution in [-0.2, 0) is 4.79 Å². The zero-order chi connectivity index (χ0) is 12.8. The van der Waals surface area contributed by atoms with Crippen molar-refractivity contribution in [2.45, 2.75) is 50.8 Å². The zero-order valence-electron chi connectivity index (χ0n) is 11.1. The summed E-state index contributed by atoms with van der Waals surface area (Å²) < 4.78 is 0. The molecule has 0 heterocycles. The number of thioether (sulfide) groups is 1. The smallest absolute Gasteiger partial charge is 0.223 e. The number of nitrogens with one attached hydrogen (secondary N) is 1. The van der Waals surface area contributed by atoms with Crippen molar-refractivity contribution in [3.05, 3.63) is 0 Å². The molecule has 0 aromatic carbocycles. The largest absolute Gasteiger partial charge is 0.395 e. The van der Waals surface area contributed by atoms with Crippen LogP contribution in [-0.4, -0.2) is 35.2 Å². The van der Waals surface area contributed by atoms with E-state index in [1.807, 2.05) is 13.2 Å². The first-order chi connectivity index (χ1) is 8.08. The van der Waals surface area contributed by atoms with Gasteiger partial charge in [0.15, 0.2) is 0 Å². The van der Waals surface area contributed by atoms with Gasteiger partial charge in [0.05, 0.1) is 6.61 Å².